The fourth-order valence-electron chi connectivity index (χ4n) is 1.87. The van der Waals surface area contributed by atoms with Crippen molar-refractivity contribution in [3.63, 3.8) is 0 Å². The molecular weight excluding hydrogens is 266 g/mol. The average molecular weight is 274 g/mol. The number of alkyl halides is 1. The molecule has 1 heterocycles. The van der Waals surface area contributed by atoms with Crippen molar-refractivity contribution in [2.45, 2.75) is 4.83 Å². The Morgan fingerprint density at radius 3 is 2.94 bits per heavy atom. The summed E-state index contributed by atoms with van der Waals surface area (Å²) in [5.74, 6) is 0.0794. The molecule has 1 aromatic heterocycles. The monoisotopic (exact) mass is 273 g/mol. The Kier molecular flexibility index (Phi) is 2.14. The summed E-state index contributed by atoms with van der Waals surface area (Å²) in [4.78, 5) is 16.2. The van der Waals surface area contributed by atoms with Crippen LogP contribution in [0.5, 0.6) is 0 Å². The summed E-state index contributed by atoms with van der Waals surface area (Å²) < 4.78 is 0. The van der Waals surface area contributed by atoms with Gasteiger partial charge in [0.05, 0.1) is 16.0 Å². The van der Waals surface area contributed by atoms with E-state index in [-0.39, 0.29) is 10.6 Å². The first-order chi connectivity index (χ1) is 7.75. The van der Waals surface area contributed by atoms with E-state index in [2.05, 4.69) is 20.9 Å². The second-order valence-corrected chi connectivity index (χ2v) is 4.73. The van der Waals surface area contributed by atoms with Crippen molar-refractivity contribution >= 4 is 38.7 Å². The summed E-state index contributed by atoms with van der Waals surface area (Å²) in [5, 5.41) is 1.00. The molecule has 2 aromatic rings. The molecule has 3 heteroatoms. The molecule has 0 fully saturated rings. The highest BCUT2D eigenvalue weighted by molar-refractivity contribution is 9.10. The van der Waals surface area contributed by atoms with Gasteiger partial charge in [-0.05, 0) is 18.2 Å². The Bertz CT molecular complexity index is 618. The number of nitrogens with zero attached hydrogens (tertiary/aromatic N) is 1. The minimum absolute atomic E-state index is 0.0794. The van der Waals surface area contributed by atoms with Crippen LogP contribution in [0.15, 0.2) is 36.4 Å². The van der Waals surface area contributed by atoms with E-state index in [0.29, 0.717) is 5.56 Å². The summed E-state index contributed by atoms with van der Waals surface area (Å²) in [7, 11) is 0. The molecule has 0 aliphatic heterocycles. The first-order valence-corrected chi connectivity index (χ1v) is 5.93. The van der Waals surface area contributed by atoms with E-state index in [1.807, 2.05) is 42.5 Å². The van der Waals surface area contributed by atoms with Crippen molar-refractivity contribution in [1.29, 1.82) is 0 Å². The standard InChI is InChI=1S/C13H8BrNO/c14-10-5-6-12-9(13(10)16)7-8-3-1-2-4-11(8)15-12/h1-7,10H. The van der Waals surface area contributed by atoms with Crippen molar-refractivity contribution in [3.05, 3.63) is 47.7 Å². The molecule has 0 radical (unpaired) electrons. The smallest absolute Gasteiger partial charge is 0.182 e. The molecule has 0 bridgehead atoms. The van der Waals surface area contributed by atoms with Gasteiger partial charge in [0.25, 0.3) is 0 Å². The first-order valence-electron chi connectivity index (χ1n) is 5.02. The van der Waals surface area contributed by atoms with Gasteiger partial charge >= 0.3 is 0 Å². The highest BCUT2D eigenvalue weighted by Crippen LogP contribution is 2.25. The molecule has 3 rings (SSSR count). The maximum atomic E-state index is 11.9. The van der Waals surface area contributed by atoms with Crippen LogP contribution in [0.1, 0.15) is 16.1 Å². The number of ketones is 1. The number of aromatic nitrogens is 1. The molecule has 0 saturated heterocycles. The normalized spacial score (nSPS) is 18.8. The van der Waals surface area contributed by atoms with Crippen LogP contribution < -0.4 is 0 Å². The molecule has 1 unspecified atom stereocenters. The molecule has 1 aliphatic rings. The predicted molar refractivity (Wildman–Crippen MR) is 67.8 cm³/mol. The van der Waals surface area contributed by atoms with Crippen LogP contribution in [-0.2, 0) is 0 Å². The van der Waals surface area contributed by atoms with Crippen molar-refractivity contribution in [3.8, 4) is 0 Å². The molecule has 2 nitrogen and oxygen atoms in total. The number of rotatable bonds is 0. The van der Waals surface area contributed by atoms with E-state index in [4.69, 9.17) is 0 Å². The van der Waals surface area contributed by atoms with Gasteiger partial charge < -0.3 is 0 Å². The third-order valence-electron chi connectivity index (χ3n) is 2.69. The quantitative estimate of drug-likeness (QED) is 0.690. The fraction of sp³-hybridized carbons (Fsp3) is 0.0769. The number of para-hydroxylation sites is 1. The van der Waals surface area contributed by atoms with Crippen molar-refractivity contribution < 1.29 is 4.79 Å². The number of carbonyl (C=O) groups is 1. The van der Waals surface area contributed by atoms with E-state index in [1.165, 1.54) is 0 Å². The fourth-order valence-corrected chi connectivity index (χ4v) is 2.27. The summed E-state index contributed by atoms with van der Waals surface area (Å²) in [6.45, 7) is 0. The summed E-state index contributed by atoms with van der Waals surface area (Å²) in [6.07, 6.45) is 3.72. The van der Waals surface area contributed by atoms with Gasteiger partial charge in [-0.3, -0.25) is 4.79 Å². The van der Waals surface area contributed by atoms with Gasteiger partial charge in [0.2, 0.25) is 0 Å². The molecule has 1 atom stereocenters. The van der Waals surface area contributed by atoms with Gasteiger partial charge in [0.15, 0.2) is 5.78 Å². The van der Waals surface area contributed by atoms with Gasteiger partial charge in [-0.2, -0.15) is 0 Å². The van der Waals surface area contributed by atoms with Crippen molar-refractivity contribution in [1.82, 2.24) is 4.98 Å². The van der Waals surface area contributed by atoms with E-state index >= 15 is 0 Å². The van der Waals surface area contributed by atoms with E-state index in [0.717, 1.165) is 16.6 Å². The maximum absolute atomic E-state index is 11.9. The lowest BCUT2D eigenvalue weighted by Gasteiger charge is -2.13. The minimum Gasteiger partial charge on any atom is -0.292 e. The van der Waals surface area contributed by atoms with Gasteiger partial charge in [0.1, 0.15) is 0 Å². The van der Waals surface area contributed by atoms with Crippen LogP contribution in [0.25, 0.3) is 17.0 Å². The van der Waals surface area contributed by atoms with Gasteiger partial charge in [-0.25, -0.2) is 4.98 Å². The van der Waals surface area contributed by atoms with Crippen LogP contribution in [0.4, 0.5) is 0 Å². The lowest BCUT2D eigenvalue weighted by molar-refractivity contribution is 0.100. The maximum Gasteiger partial charge on any atom is 0.182 e. The number of pyridine rings is 1. The van der Waals surface area contributed by atoms with Crippen LogP contribution in [0.2, 0.25) is 0 Å². The Morgan fingerprint density at radius 2 is 2.06 bits per heavy atom. The lowest BCUT2D eigenvalue weighted by atomic mass is 9.99. The van der Waals surface area contributed by atoms with Crippen molar-refractivity contribution in [2.24, 2.45) is 0 Å². The summed E-state index contributed by atoms with van der Waals surface area (Å²) in [6, 6.07) is 9.73. The number of allylic oxidation sites excluding steroid dienone is 1. The number of fused-ring (bicyclic) bond motifs is 2. The third-order valence-corrected chi connectivity index (χ3v) is 3.41. The van der Waals surface area contributed by atoms with Crippen molar-refractivity contribution in [2.75, 3.05) is 0 Å². The lowest BCUT2D eigenvalue weighted by Crippen LogP contribution is -2.17. The Labute approximate surface area is 101 Å². The van der Waals surface area contributed by atoms with Crippen LogP contribution in [0, 0.1) is 0 Å². The Morgan fingerprint density at radius 1 is 1.25 bits per heavy atom. The van der Waals surface area contributed by atoms with E-state index in [9.17, 15) is 4.79 Å². The molecule has 1 aliphatic carbocycles. The molecule has 0 amide bonds. The number of hydrogen-bond acceptors (Lipinski definition) is 2. The zero-order valence-corrected chi connectivity index (χ0v) is 9.94. The highest BCUT2D eigenvalue weighted by Gasteiger charge is 2.22. The number of hydrogen-bond donors (Lipinski definition) is 0. The predicted octanol–water partition coefficient (Wildman–Crippen LogP) is 3.21. The minimum atomic E-state index is -0.219. The number of Topliss-reactive ketones (excluding diaryl/α,β-unsaturated/α-hetero) is 1. The third kappa shape index (κ3) is 1.39. The SMILES string of the molecule is O=C1c2cc3ccccc3nc2C=CC1Br. The molecule has 78 valence electrons. The van der Waals surface area contributed by atoms with E-state index < -0.39 is 0 Å². The van der Waals surface area contributed by atoms with Gasteiger partial charge in [-0.1, -0.05) is 40.2 Å². The van der Waals surface area contributed by atoms with Gasteiger partial charge in [0, 0.05) is 10.9 Å². The second kappa shape index (κ2) is 3.52. The average Bonchev–Trinajstić information content (AvgIpc) is 2.32. The molecule has 0 N–H and O–H groups in total. The van der Waals surface area contributed by atoms with Gasteiger partial charge in [-0.15, -0.1) is 0 Å². The van der Waals surface area contributed by atoms with Crippen LogP contribution >= 0.6 is 15.9 Å². The Hall–Kier alpha value is -1.48. The Balaban J connectivity index is 2.33. The molecule has 0 spiro atoms. The highest BCUT2D eigenvalue weighted by atomic mass is 79.9. The van der Waals surface area contributed by atoms with Crippen LogP contribution in [-0.4, -0.2) is 15.6 Å². The number of halogens is 1. The molecular formula is C13H8BrNO. The number of carbonyl (C=O) groups excluding carboxylic acids is 1. The first kappa shape index (κ1) is 9.73. The second-order valence-electron chi connectivity index (χ2n) is 3.74. The largest absolute Gasteiger partial charge is 0.292 e. The molecule has 1 aromatic carbocycles. The van der Waals surface area contributed by atoms with E-state index in [1.54, 1.807) is 0 Å². The summed E-state index contributed by atoms with van der Waals surface area (Å²) in [5.41, 5.74) is 2.38. The summed E-state index contributed by atoms with van der Waals surface area (Å²) >= 11 is 3.32. The molecule has 0 saturated carbocycles. The zero-order valence-electron chi connectivity index (χ0n) is 8.35. The topological polar surface area (TPSA) is 30.0 Å². The number of benzene rings is 1. The zero-order chi connectivity index (χ0) is 11.1. The molecule has 16 heavy (non-hydrogen) atoms. The van der Waals surface area contributed by atoms with Crippen LogP contribution in [0.3, 0.4) is 0 Å².